The normalized spacial score (nSPS) is 16.1. The van der Waals surface area contributed by atoms with E-state index in [4.69, 9.17) is 10.5 Å². The summed E-state index contributed by atoms with van der Waals surface area (Å²) in [5.74, 6) is -2.90. The van der Waals surface area contributed by atoms with E-state index in [0.717, 1.165) is 35.0 Å². The minimum Gasteiger partial charge on any atom is -0.481 e. The number of ether oxygens (including phenoxy) is 1. The van der Waals surface area contributed by atoms with E-state index >= 15 is 0 Å². The highest BCUT2D eigenvalue weighted by atomic mass is 16.5. The Morgan fingerprint density at radius 3 is 2.25 bits per heavy atom. The molecule has 11 nitrogen and oxygen atoms in total. The summed E-state index contributed by atoms with van der Waals surface area (Å²) in [6.45, 7) is 13.8. The van der Waals surface area contributed by atoms with Crippen LogP contribution < -0.4 is 16.4 Å². The van der Waals surface area contributed by atoms with Gasteiger partial charge in [0.2, 0.25) is 11.8 Å². The quantitative estimate of drug-likeness (QED) is 0.129. The van der Waals surface area contributed by atoms with Crippen molar-refractivity contribution in [2.24, 2.45) is 35.3 Å². The van der Waals surface area contributed by atoms with Crippen LogP contribution in [0.1, 0.15) is 84.4 Å². The number of hydrogen-bond acceptors (Lipinski definition) is 7. The summed E-state index contributed by atoms with van der Waals surface area (Å²) in [4.78, 5) is 37.8. The number of rotatable bonds is 19. The molecule has 2 amide bonds. The van der Waals surface area contributed by atoms with Crippen LogP contribution in [-0.4, -0.2) is 76.6 Å². The fourth-order valence-corrected chi connectivity index (χ4v) is 6.10. The minimum atomic E-state index is -1.13. The molecule has 0 saturated heterocycles. The third kappa shape index (κ3) is 10.3. The molecule has 2 unspecified atom stereocenters. The highest BCUT2D eigenvalue weighted by Gasteiger charge is 2.36. The summed E-state index contributed by atoms with van der Waals surface area (Å²) in [6, 6.07) is 4.69. The number of amides is 2. The predicted octanol–water partition coefficient (Wildman–Crippen LogP) is 3.74. The van der Waals surface area contributed by atoms with Gasteiger partial charge in [0.25, 0.3) is 0 Å². The summed E-state index contributed by atoms with van der Waals surface area (Å²) in [5, 5.41) is 35.8. The average molecular weight is 618 g/mol. The van der Waals surface area contributed by atoms with Gasteiger partial charge in [0.1, 0.15) is 6.04 Å². The van der Waals surface area contributed by atoms with Crippen molar-refractivity contribution in [2.45, 2.75) is 98.3 Å². The van der Waals surface area contributed by atoms with Gasteiger partial charge in [-0.15, -0.1) is 0 Å². The zero-order chi connectivity index (χ0) is 33.1. The van der Waals surface area contributed by atoms with Crippen molar-refractivity contribution in [3.8, 4) is 0 Å². The lowest BCUT2D eigenvalue weighted by Gasteiger charge is -2.37. The molecular weight excluding hydrogens is 562 g/mol. The van der Waals surface area contributed by atoms with E-state index in [-0.39, 0.29) is 42.6 Å². The number of aliphatic hydroxyl groups is 1. The maximum atomic E-state index is 13.6. The summed E-state index contributed by atoms with van der Waals surface area (Å²) < 4.78 is 5.38. The Kier molecular flexibility index (Phi) is 14.8. The molecule has 0 fully saturated rings. The number of fused-ring (bicyclic) bond motifs is 1. The van der Waals surface area contributed by atoms with E-state index in [9.17, 15) is 24.6 Å². The van der Waals surface area contributed by atoms with Gasteiger partial charge < -0.3 is 31.3 Å². The van der Waals surface area contributed by atoms with Gasteiger partial charge in [-0.1, -0.05) is 53.7 Å². The Labute approximate surface area is 262 Å². The molecule has 0 aliphatic rings. The second kappa shape index (κ2) is 17.5. The number of carboxylic acid groups (broad SMARTS) is 1. The molecule has 1 aromatic carbocycles. The molecule has 0 radical (unpaired) electrons. The Hall–Kier alpha value is -3.02. The van der Waals surface area contributed by atoms with E-state index in [0.29, 0.717) is 13.0 Å². The van der Waals surface area contributed by atoms with Crippen LogP contribution in [0.4, 0.5) is 0 Å². The summed E-state index contributed by atoms with van der Waals surface area (Å²) in [7, 11) is 1.68. The molecule has 2 aromatic rings. The maximum absolute atomic E-state index is 13.6. The number of carbonyl (C=O) groups is 3. The monoisotopic (exact) mass is 617 g/mol. The number of aliphatic hydroxyl groups excluding tert-OH is 1. The first-order valence-corrected chi connectivity index (χ1v) is 15.9. The Balaban J connectivity index is 2.53. The van der Waals surface area contributed by atoms with Gasteiger partial charge >= 0.3 is 5.97 Å². The third-order valence-corrected chi connectivity index (χ3v) is 8.82. The van der Waals surface area contributed by atoms with Crippen LogP contribution >= 0.6 is 0 Å². The number of aryl methyl sites for hydroxylation is 1. The van der Waals surface area contributed by atoms with Gasteiger partial charge in [-0.3, -0.25) is 19.5 Å². The van der Waals surface area contributed by atoms with Crippen LogP contribution in [0.15, 0.2) is 18.2 Å². The number of hydrogen-bond donors (Lipinski definition) is 6. The Morgan fingerprint density at radius 1 is 1.02 bits per heavy atom. The largest absolute Gasteiger partial charge is 0.481 e. The predicted molar refractivity (Wildman–Crippen MR) is 172 cm³/mol. The van der Waals surface area contributed by atoms with Crippen LogP contribution in [0.2, 0.25) is 0 Å². The standard InChI is InChI=1S/C33H55N5O6/c1-18(2)25(24(10-9-13-44-8)22-11-12-23-21(7)37-38-27(23)14-22)15-28(29(39)16-26(19(3)4)33(42)43)35-32(41)31(20(5)6)36-30(40)17-34/h11-12,14,18-20,24-26,28-29,31,39H,9-10,13,15-17,34H2,1-8H3,(H,35,41)(H,36,40)(H,37,38)(H,42,43)/t24?,25-,26-,28-,29-,31?/m0/s1. The van der Waals surface area contributed by atoms with Crippen LogP contribution in [0, 0.1) is 36.5 Å². The number of H-pyrrole nitrogens is 1. The molecule has 6 atom stereocenters. The highest BCUT2D eigenvalue weighted by molar-refractivity contribution is 5.88. The molecule has 0 aliphatic carbocycles. The van der Waals surface area contributed by atoms with Gasteiger partial charge in [0.05, 0.1) is 30.1 Å². The van der Waals surface area contributed by atoms with Gasteiger partial charge in [0.15, 0.2) is 0 Å². The second-order valence-corrected chi connectivity index (χ2v) is 13.1. The van der Waals surface area contributed by atoms with E-state index in [1.165, 1.54) is 0 Å². The van der Waals surface area contributed by atoms with Crippen molar-refractivity contribution in [3.63, 3.8) is 0 Å². The van der Waals surface area contributed by atoms with Crippen LogP contribution in [0.5, 0.6) is 0 Å². The number of aromatic nitrogens is 2. The fourth-order valence-electron chi connectivity index (χ4n) is 6.10. The first-order valence-electron chi connectivity index (χ1n) is 15.9. The van der Waals surface area contributed by atoms with Gasteiger partial charge in [0, 0.05) is 24.8 Å². The average Bonchev–Trinajstić information content (AvgIpc) is 3.33. The molecule has 2 rings (SSSR count). The van der Waals surface area contributed by atoms with Crippen molar-refractivity contribution < 1.29 is 29.3 Å². The number of nitrogens with two attached hydrogens (primary N) is 1. The number of nitrogens with one attached hydrogen (secondary N) is 3. The van der Waals surface area contributed by atoms with Crippen LogP contribution in [0.3, 0.4) is 0 Å². The molecule has 0 aliphatic heterocycles. The van der Waals surface area contributed by atoms with Crippen molar-refractivity contribution >= 4 is 28.7 Å². The number of aliphatic carboxylic acids is 1. The first kappa shape index (κ1) is 37.2. The summed E-state index contributed by atoms with van der Waals surface area (Å²) in [6.07, 6.45) is 0.888. The van der Waals surface area contributed by atoms with Crippen molar-refractivity contribution in [1.82, 2.24) is 20.8 Å². The number of methoxy groups -OCH3 is 1. The Bertz CT molecular complexity index is 1210. The fraction of sp³-hybridized carbons (Fsp3) is 0.697. The van der Waals surface area contributed by atoms with E-state index in [1.807, 2.05) is 34.6 Å². The number of aromatic amines is 1. The molecule has 11 heteroatoms. The van der Waals surface area contributed by atoms with Crippen molar-refractivity contribution in [1.29, 1.82) is 0 Å². The van der Waals surface area contributed by atoms with Crippen molar-refractivity contribution in [2.75, 3.05) is 20.3 Å². The van der Waals surface area contributed by atoms with Gasteiger partial charge in [-0.25, -0.2) is 0 Å². The van der Waals surface area contributed by atoms with Crippen LogP contribution in [-0.2, 0) is 19.1 Å². The van der Waals surface area contributed by atoms with E-state index in [2.05, 4.69) is 52.9 Å². The van der Waals surface area contributed by atoms with Crippen LogP contribution in [0.25, 0.3) is 10.9 Å². The molecule has 44 heavy (non-hydrogen) atoms. The number of carbonyl (C=O) groups excluding carboxylic acids is 2. The number of benzene rings is 1. The zero-order valence-electron chi connectivity index (χ0n) is 27.7. The minimum absolute atomic E-state index is 0.00255. The maximum Gasteiger partial charge on any atom is 0.306 e. The molecule has 0 bridgehead atoms. The summed E-state index contributed by atoms with van der Waals surface area (Å²) >= 11 is 0. The van der Waals surface area contributed by atoms with Gasteiger partial charge in [-0.2, -0.15) is 5.10 Å². The lowest BCUT2D eigenvalue weighted by Crippen LogP contribution is -2.56. The molecular formula is C33H55N5O6. The highest BCUT2D eigenvalue weighted by Crippen LogP contribution is 2.39. The lowest BCUT2D eigenvalue weighted by molar-refractivity contribution is -0.144. The van der Waals surface area contributed by atoms with Gasteiger partial charge in [-0.05, 0) is 73.8 Å². The lowest BCUT2D eigenvalue weighted by atomic mass is 9.72. The first-order chi connectivity index (χ1) is 20.7. The molecule has 1 heterocycles. The molecule has 1 aromatic heterocycles. The smallest absolute Gasteiger partial charge is 0.306 e. The number of carboxylic acids is 1. The Morgan fingerprint density at radius 2 is 1.70 bits per heavy atom. The molecule has 0 saturated carbocycles. The molecule has 0 spiro atoms. The molecule has 7 N–H and O–H groups in total. The molecule has 248 valence electrons. The SMILES string of the molecule is COCCCC(c1ccc2c(C)[nH]nc2c1)[C@@H](C[C@H](NC(=O)C(NC(=O)CN)C(C)C)[C@@H](O)C[C@H](C(=O)O)C(C)C)C(C)C. The summed E-state index contributed by atoms with van der Waals surface area (Å²) in [5.41, 5.74) is 8.48. The topological polar surface area (TPSA) is 180 Å². The zero-order valence-corrected chi connectivity index (χ0v) is 27.7. The van der Waals surface area contributed by atoms with E-state index in [1.54, 1.807) is 7.11 Å². The second-order valence-electron chi connectivity index (χ2n) is 13.1. The third-order valence-electron chi connectivity index (χ3n) is 8.82. The number of nitrogens with zero attached hydrogens (tertiary/aromatic N) is 1. The van der Waals surface area contributed by atoms with Crippen molar-refractivity contribution in [3.05, 3.63) is 29.5 Å². The van der Waals surface area contributed by atoms with E-state index < -0.39 is 41.9 Å².